The number of aliphatic imine (C=N–C) groups is 1. The number of aromatic hydroxyl groups is 1. The van der Waals surface area contributed by atoms with Gasteiger partial charge in [-0.15, -0.1) is 0 Å². The van der Waals surface area contributed by atoms with E-state index < -0.39 is 33.8 Å². The minimum absolute atomic E-state index is 0.00903. The van der Waals surface area contributed by atoms with Gasteiger partial charge >= 0.3 is 11.9 Å². The molecule has 2 aliphatic heterocycles. The van der Waals surface area contributed by atoms with E-state index >= 15 is 0 Å². The lowest BCUT2D eigenvalue weighted by molar-refractivity contribution is -0.138. The predicted octanol–water partition coefficient (Wildman–Crippen LogP) is 3.93. The largest absolute Gasteiger partial charge is 0.493 e. The fourth-order valence-corrected chi connectivity index (χ4v) is 8.41. The average Bonchev–Trinajstić information content (AvgIpc) is 3.44. The van der Waals surface area contributed by atoms with E-state index in [2.05, 4.69) is 10.3 Å². The number of H-pyrrole nitrogens is 1. The SMILES string of the molecule is Cc1cc(Cn2c(O)c[nH]c2=O)cc(C)c1CCS(=O)(=O)N1CCC2(CC1)N=C(C1CCC(CCC(F)(F)F)CC1)NC2=O. The number of rotatable bonds is 9. The number of hydrogen-bond acceptors (Lipinski definition) is 6. The molecule has 1 aromatic heterocycles. The highest BCUT2D eigenvalue weighted by Crippen LogP contribution is 2.38. The lowest BCUT2D eigenvalue weighted by Gasteiger charge is -2.34. The third kappa shape index (κ3) is 7.06. The van der Waals surface area contributed by atoms with E-state index in [0.717, 1.165) is 22.3 Å². The molecule has 1 aliphatic carbocycles. The van der Waals surface area contributed by atoms with E-state index in [0.29, 0.717) is 37.9 Å². The van der Waals surface area contributed by atoms with Crippen molar-refractivity contribution >= 4 is 21.8 Å². The Kier molecular flexibility index (Phi) is 9.05. The van der Waals surface area contributed by atoms with Crippen LogP contribution in [0.5, 0.6) is 5.88 Å². The van der Waals surface area contributed by atoms with Crippen LogP contribution in [0.25, 0.3) is 0 Å². The highest BCUT2D eigenvalue weighted by Gasteiger charge is 2.48. The first kappa shape index (κ1) is 32.3. The summed E-state index contributed by atoms with van der Waals surface area (Å²) in [6.45, 7) is 4.34. The molecule has 1 amide bonds. The van der Waals surface area contributed by atoms with Gasteiger partial charge in [0.2, 0.25) is 15.9 Å². The van der Waals surface area contributed by atoms with Crippen LogP contribution in [0, 0.1) is 25.7 Å². The standard InChI is InChI=1S/C30H40F3N5O5S/c1-19-15-22(18-38-25(39)17-34-28(38)41)16-20(2)24(19)8-14-44(42,43)37-12-10-29(11-13-37)27(40)35-26(36-29)23-5-3-21(4-6-23)7-9-30(31,32)33/h15-17,21,23,39H,3-14,18H2,1-2H3,(H,34,41)(H,35,36,40). The number of benzene rings is 1. The van der Waals surface area contributed by atoms with Crippen molar-refractivity contribution in [3.63, 3.8) is 0 Å². The molecule has 0 atom stereocenters. The molecule has 10 nitrogen and oxygen atoms in total. The number of nitrogens with zero attached hydrogens (tertiary/aromatic N) is 3. The monoisotopic (exact) mass is 639 g/mol. The first-order valence-corrected chi connectivity index (χ1v) is 16.8. The van der Waals surface area contributed by atoms with Gasteiger partial charge in [0.25, 0.3) is 5.91 Å². The molecule has 0 bridgehead atoms. The first-order chi connectivity index (χ1) is 20.7. The van der Waals surface area contributed by atoms with Gasteiger partial charge in [0.05, 0.1) is 18.5 Å². The summed E-state index contributed by atoms with van der Waals surface area (Å²) in [6.07, 6.45) is 0.0439. The predicted molar refractivity (Wildman–Crippen MR) is 159 cm³/mol. The molecule has 0 radical (unpaired) electrons. The van der Waals surface area contributed by atoms with Crippen LogP contribution < -0.4 is 11.0 Å². The number of piperidine rings is 1. The number of carbonyl (C=O) groups excluding carboxylic acids is 1. The molecule has 5 rings (SSSR count). The molecule has 3 heterocycles. The van der Waals surface area contributed by atoms with Crippen molar-refractivity contribution in [2.45, 2.75) is 89.9 Å². The Hall–Kier alpha value is -3.13. The van der Waals surface area contributed by atoms with Gasteiger partial charge < -0.3 is 15.4 Å². The number of aromatic nitrogens is 2. The van der Waals surface area contributed by atoms with Gasteiger partial charge in [0.1, 0.15) is 11.4 Å². The van der Waals surface area contributed by atoms with Crippen LogP contribution in [-0.4, -0.2) is 69.7 Å². The van der Waals surface area contributed by atoms with Gasteiger partial charge in [-0.1, -0.05) is 12.1 Å². The summed E-state index contributed by atoms with van der Waals surface area (Å²) < 4.78 is 67.1. The molecule has 3 aliphatic rings. The Morgan fingerprint density at radius 3 is 2.27 bits per heavy atom. The van der Waals surface area contributed by atoms with Gasteiger partial charge in [0, 0.05) is 25.4 Å². The summed E-state index contributed by atoms with van der Waals surface area (Å²) in [5.74, 6) is 0.179. The number of nitrogens with one attached hydrogen (secondary N) is 2. The van der Waals surface area contributed by atoms with Crippen molar-refractivity contribution in [2.75, 3.05) is 18.8 Å². The Morgan fingerprint density at radius 1 is 1.07 bits per heavy atom. The highest BCUT2D eigenvalue weighted by atomic mass is 32.2. The van der Waals surface area contributed by atoms with Gasteiger partial charge in [-0.25, -0.2) is 17.5 Å². The number of aryl methyl sites for hydroxylation is 2. The minimum atomic E-state index is -4.14. The quantitative estimate of drug-likeness (QED) is 0.382. The number of amidine groups is 1. The van der Waals surface area contributed by atoms with Gasteiger partial charge in [0.15, 0.2) is 0 Å². The maximum absolute atomic E-state index is 13.3. The van der Waals surface area contributed by atoms with E-state index in [1.807, 2.05) is 26.0 Å². The third-order valence-electron chi connectivity index (χ3n) is 9.56. The summed E-state index contributed by atoms with van der Waals surface area (Å²) in [6, 6.07) is 3.78. The topological polar surface area (TPSA) is 137 Å². The summed E-state index contributed by atoms with van der Waals surface area (Å²) in [5, 5.41) is 12.8. The molecule has 14 heteroatoms. The number of halogens is 3. The van der Waals surface area contributed by atoms with Crippen LogP contribution in [0.15, 0.2) is 28.1 Å². The molecule has 1 saturated heterocycles. The minimum Gasteiger partial charge on any atom is -0.493 e. The van der Waals surface area contributed by atoms with Crippen molar-refractivity contribution in [3.05, 3.63) is 51.1 Å². The van der Waals surface area contributed by atoms with E-state index in [1.54, 1.807) is 0 Å². The molecule has 242 valence electrons. The number of amides is 1. The fourth-order valence-electron chi connectivity index (χ4n) is 6.95. The maximum atomic E-state index is 13.3. The Morgan fingerprint density at radius 2 is 1.70 bits per heavy atom. The summed E-state index contributed by atoms with van der Waals surface area (Å²) in [5.41, 5.74) is 2.11. The third-order valence-corrected chi connectivity index (χ3v) is 11.4. The van der Waals surface area contributed by atoms with Crippen LogP contribution >= 0.6 is 0 Å². The van der Waals surface area contributed by atoms with Crippen molar-refractivity contribution in [1.82, 2.24) is 19.2 Å². The van der Waals surface area contributed by atoms with E-state index in [4.69, 9.17) is 4.99 Å². The number of imidazole rings is 1. The Balaban J connectivity index is 1.15. The second kappa shape index (κ2) is 12.3. The second-order valence-corrected chi connectivity index (χ2v) is 14.7. The molecular formula is C30H40F3N5O5S. The zero-order chi connectivity index (χ0) is 31.9. The zero-order valence-corrected chi connectivity index (χ0v) is 25.9. The molecule has 1 saturated carbocycles. The van der Waals surface area contributed by atoms with E-state index in [-0.39, 0.29) is 68.3 Å². The van der Waals surface area contributed by atoms with Gasteiger partial charge in [-0.05, 0) is 93.4 Å². The molecule has 1 spiro atoms. The molecule has 44 heavy (non-hydrogen) atoms. The fraction of sp³-hybridized carbons (Fsp3) is 0.633. The number of alkyl halides is 3. The van der Waals surface area contributed by atoms with Crippen molar-refractivity contribution < 1.29 is 31.5 Å². The molecule has 3 N–H and O–H groups in total. The van der Waals surface area contributed by atoms with Crippen molar-refractivity contribution in [1.29, 1.82) is 0 Å². The van der Waals surface area contributed by atoms with E-state index in [9.17, 15) is 36.3 Å². The average molecular weight is 640 g/mol. The highest BCUT2D eigenvalue weighted by molar-refractivity contribution is 7.89. The number of aromatic amines is 1. The molecule has 2 aromatic rings. The second-order valence-electron chi connectivity index (χ2n) is 12.6. The van der Waals surface area contributed by atoms with Crippen LogP contribution in [0.4, 0.5) is 13.2 Å². The number of sulfonamides is 1. The van der Waals surface area contributed by atoms with Crippen LogP contribution in [-0.2, 0) is 27.8 Å². The van der Waals surface area contributed by atoms with Crippen LogP contribution in [0.2, 0.25) is 0 Å². The van der Waals surface area contributed by atoms with Gasteiger partial charge in [-0.3, -0.25) is 14.4 Å². The lowest BCUT2D eigenvalue weighted by Crippen LogP contribution is -2.51. The molecule has 2 fully saturated rings. The van der Waals surface area contributed by atoms with Gasteiger partial charge in [-0.2, -0.15) is 13.2 Å². The van der Waals surface area contributed by atoms with E-state index in [1.165, 1.54) is 15.1 Å². The van der Waals surface area contributed by atoms with Crippen molar-refractivity contribution in [2.24, 2.45) is 16.8 Å². The Bertz CT molecular complexity index is 1560. The normalized spacial score (nSPS) is 22.8. The molecule has 1 aromatic carbocycles. The summed E-state index contributed by atoms with van der Waals surface area (Å²) >= 11 is 0. The molecule has 0 unspecified atom stereocenters. The van der Waals surface area contributed by atoms with Crippen molar-refractivity contribution in [3.8, 4) is 5.88 Å². The maximum Gasteiger partial charge on any atom is 0.389 e. The smallest absolute Gasteiger partial charge is 0.389 e. The summed E-state index contributed by atoms with van der Waals surface area (Å²) in [4.78, 5) is 32.2. The lowest BCUT2D eigenvalue weighted by atomic mass is 9.79. The Labute approximate surface area is 254 Å². The zero-order valence-electron chi connectivity index (χ0n) is 25.0. The van der Waals surface area contributed by atoms with Crippen LogP contribution in [0.3, 0.4) is 0 Å². The first-order valence-electron chi connectivity index (χ1n) is 15.2. The van der Waals surface area contributed by atoms with Crippen LogP contribution in [0.1, 0.15) is 73.6 Å². The number of carbonyl (C=O) groups is 1. The molecular weight excluding hydrogens is 599 g/mol. The summed E-state index contributed by atoms with van der Waals surface area (Å²) in [7, 11) is -3.61. The number of hydrogen-bond donors (Lipinski definition) is 3.